The van der Waals surface area contributed by atoms with Crippen LogP contribution in [0, 0.1) is 5.92 Å². The highest BCUT2D eigenvalue weighted by atomic mass is 19.3. The Morgan fingerprint density at radius 3 is 2.21 bits per heavy atom. The minimum Gasteiger partial charge on any atom is -0.325 e. The van der Waals surface area contributed by atoms with Crippen LogP contribution in [0.15, 0.2) is 0 Å². The summed E-state index contributed by atoms with van der Waals surface area (Å²) in [6.45, 7) is -2.70. The number of halogens is 2. The van der Waals surface area contributed by atoms with Gasteiger partial charge in [0.25, 0.3) is 0 Å². The molecule has 1 rings (SSSR count). The average molecular weight is 207 g/mol. The van der Waals surface area contributed by atoms with Gasteiger partial charge in [0.2, 0.25) is 0 Å². The van der Waals surface area contributed by atoms with Crippen molar-refractivity contribution in [2.24, 2.45) is 11.7 Å². The van der Waals surface area contributed by atoms with Gasteiger partial charge >= 0.3 is 6.61 Å². The van der Waals surface area contributed by atoms with Crippen molar-refractivity contribution in [3.63, 3.8) is 0 Å². The number of rotatable bonds is 4. The molecule has 1 aliphatic rings. The van der Waals surface area contributed by atoms with Crippen LogP contribution in [0.5, 0.6) is 0 Å². The van der Waals surface area contributed by atoms with Crippen LogP contribution in [0.2, 0.25) is 0 Å². The minimum atomic E-state index is -2.69. The molecule has 1 atom stereocenters. The number of nitrogens with two attached hydrogens (primary N) is 1. The van der Waals surface area contributed by atoms with E-state index in [-0.39, 0.29) is 12.6 Å². The normalized spacial score (nSPS) is 22.3. The Balaban J connectivity index is 2.23. The summed E-state index contributed by atoms with van der Waals surface area (Å²) in [5.74, 6) is 0.372. The molecule has 2 nitrogen and oxygen atoms in total. The van der Waals surface area contributed by atoms with Crippen molar-refractivity contribution < 1.29 is 13.5 Å². The standard InChI is InChI=1S/C10H19F2NO/c11-10(12)14-7-9(13)8-5-3-1-2-4-6-8/h8-10H,1-7,13H2. The lowest BCUT2D eigenvalue weighted by Gasteiger charge is -2.21. The average Bonchev–Trinajstić information content (AvgIpc) is 2.42. The summed E-state index contributed by atoms with van der Waals surface area (Å²) in [6, 6.07) is -0.220. The third-order valence-corrected chi connectivity index (χ3v) is 2.92. The van der Waals surface area contributed by atoms with Crippen LogP contribution in [0.3, 0.4) is 0 Å². The zero-order valence-electron chi connectivity index (χ0n) is 8.42. The molecular formula is C10H19F2NO. The Kier molecular flexibility index (Phi) is 5.33. The molecular weight excluding hydrogens is 188 g/mol. The number of hydrogen-bond acceptors (Lipinski definition) is 2. The molecule has 1 unspecified atom stereocenters. The quantitative estimate of drug-likeness (QED) is 0.719. The van der Waals surface area contributed by atoms with Gasteiger partial charge in [-0.25, -0.2) is 0 Å². The predicted molar refractivity (Wildman–Crippen MR) is 51.1 cm³/mol. The van der Waals surface area contributed by atoms with E-state index in [1.165, 1.54) is 25.7 Å². The van der Waals surface area contributed by atoms with Gasteiger partial charge in [0.05, 0.1) is 6.61 Å². The van der Waals surface area contributed by atoms with E-state index in [1.54, 1.807) is 0 Å². The first-order valence-corrected chi connectivity index (χ1v) is 5.35. The highest BCUT2D eigenvalue weighted by Crippen LogP contribution is 2.25. The van der Waals surface area contributed by atoms with Crippen LogP contribution < -0.4 is 5.73 Å². The second-order valence-corrected chi connectivity index (χ2v) is 4.01. The van der Waals surface area contributed by atoms with Crippen molar-refractivity contribution >= 4 is 0 Å². The zero-order valence-corrected chi connectivity index (χ0v) is 8.42. The fraction of sp³-hybridized carbons (Fsp3) is 1.00. The molecule has 84 valence electrons. The summed E-state index contributed by atoms with van der Waals surface area (Å²) in [5, 5.41) is 0. The third kappa shape index (κ3) is 4.33. The lowest BCUT2D eigenvalue weighted by molar-refractivity contribution is -0.134. The summed E-state index contributed by atoms with van der Waals surface area (Å²) in [7, 11) is 0. The molecule has 0 amide bonds. The molecule has 1 fully saturated rings. The van der Waals surface area contributed by atoms with Crippen molar-refractivity contribution in [1.29, 1.82) is 0 Å². The Hall–Kier alpha value is -0.220. The van der Waals surface area contributed by atoms with Crippen molar-refractivity contribution in [3.05, 3.63) is 0 Å². The summed E-state index contributed by atoms with van der Waals surface area (Å²) < 4.78 is 27.8. The molecule has 0 heterocycles. The summed E-state index contributed by atoms with van der Waals surface area (Å²) in [4.78, 5) is 0. The maximum absolute atomic E-state index is 11.8. The molecule has 1 saturated carbocycles. The topological polar surface area (TPSA) is 35.2 Å². The summed E-state index contributed by atoms with van der Waals surface area (Å²) >= 11 is 0. The second kappa shape index (κ2) is 6.30. The number of ether oxygens (including phenoxy) is 1. The summed E-state index contributed by atoms with van der Waals surface area (Å²) in [6.07, 6.45) is 6.97. The van der Waals surface area contributed by atoms with Crippen LogP contribution in [0.25, 0.3) is 0 Å². The first-order valence-electron chi connectivity index (χ1n) is 5.35. The molecule has 0 aromatic carbocycles. The van der Waals surface area contributed by atoms with E-state index in [1.807, 2.05) is 0 Å². The van der Waals surface area contributed by atoms with E-state index >= 15 is 0 Å². The highest BCUT2D eigenvalue weighted by molar-refractivity contribution is 4.75. The van der Waals surface area contributed by atoms with Gasteiger partial charge in [0.1, 0.15) is 0 Å². The molecule has 0 radical (unpaired) electrons. The van der Waals surface area contributed by atoms with Crippen LogP contribution in [-0.2, 0) is 4.74 Å². The van der Waals surface area contributed by atoms with Crippen molar-refractivity contribution in [3.8, 4) is 0 Å². The molecule has 0 aromatic rings. The highest BCUT2D eigenvalue weighted by Gasteiger charge is 2.20. The van der Waals surface area contributed by atoms with Crippen molar-refractivity contribution in [1.82, 2.24) is 0 Å². The number of alkyl halides is 2. The molecule has 0 saturated heterocycles. The monoisotopic (exact) mass is 207 g/mol. The molecule has 1 aliphatic carbocycles. The fourth-order valence-electron chi connectivity index (χ4n) is 2.06. The molecule has 2 N–H and O–H groups in total. The van der Waals surface area contributed by atoms with E-state index in [0.717, 1.165) is 12.8 Å². The van der Waals surface area contributed by atoms with Gasteiger partial charge < -0.3 is 10.5 Å². The van der Waals surface area contributed by atoms with E-state index in [0.29, 0.717) is 5.92 Å². The SMILES string of the molecule is NC(COC(F)F)C1CCCCCC1. The van der Waals surface area contributed by atoms with E-state index in [9.17, 15) is 8.78 Å². The Bertz CT molecular complexity index is 147. The van der Waals surface area contributed by atoms with Gasteiger partial charge in [-0.1, -0.05) is 25.7 Å². The van der Waals surface area contributed by atoms with Crippen LogP contribution in [0.1, 0.15) is 38.5 Å². The molecule has 0 spiro atoms. The Morgan fingerprint density at radius 2 is 1.71 bits per heavy atom. The fourth-order valence-corrected chi connectivity index (χ4v) is 2.06. The predicted octanol–water partition coefficient (Wildman–Crippen LogP) is 2.52. The molecule has 0 bridgehead atoms. The lowest BCUT2D eigenvalue weighted by atomic mass is 9.93. The van der Waals surface area contributed by atoms with E-state index < -0.39 is 6.61 Å². The number of hydrogen-bond donors (Lipinski definition) is 1. The minimum absolute atomic E-state index is 0.0116. The Labute approximate surface area is 83.8 Å². The smallest absolute Gasteiger partial charge is 0.325 e. The van der Waals surface area contributed by atoms with Crippen LogP contribution in [0.4, 0.5) is 8.78 Å². The van der Waals surface area contributed by atoms with Gasteiger partial charge in [-0.15, -0.1) is 0 Å². The first-order chi connectivity index (χ1) is 6.70. The van der Waals surface area contributed by atoms with Gasteiger partial charge in [-0.05, 0) is 18.8 Å². The van der Waals surface area contributed by atoms with Gasteiger partial charge in [-0.3, -0.25) is 0 Å². The maximum atomic E-state index is 11.8. The van der Waals surface area contributed by atoms with Crippen LogP contribution in [-0.4, -0.2) is 19.3 Å². The largest absolute Gasteiger partial charge is 0.345 e. The van der Waals surface area contributed by atoms with Gasteiger partial charge in [-0.2, -0.15) is 8.78 Å². The first kappa shape index (κ1) is 11.9. The van der Waals surface area contributed by atoms with Gasteiger partial charge in [0.15, 0.2) is 0 Å². The van der Waals surface area contributed by atoms with Crippen LogP contribution >= 0.6 is 0 Å². The molecule has 14 heavy (non-hydrogen) atoms. The third-order valence-electron chi connectivity index (χ3n) is 2.92. The molecule has 0 aromatic heterocycles. The lowest BCUT2D eigenvalue weighted by Crippen LogP contribution is -2.35. The van der Waals surface area contributed by atoms with Crippen molar-refractivity contribution in [2.75, 3.05) is 6.61 Å². The molecule has 4 heteroatoms. The van der Waals surface area contributed by atoms with E-state index in [2.05, 4.69) is 4.74 Å². The molecule has 0 aliphatic heterocycles. The zero-order chi connectivity index (χ0) is 10.4. The maximum Gasteiger partial charge on any atom is 0.345 e. The summed E-state index contributed by atoms with van der Waals surface area (Å²) in [5.41, 5.74) is 5.81. The van der Waals surface area contributed by atoms with E-state index in [4.69, 9.17) is 5.73 Å². The second-order valence-electron chi connectivity index (χ2n) is 4.01. The van der Waals surface area contributed by atoms with Crippen molar-refractivity contribution in [2.45, 2.75) is 51.2 Å². The Morgan fingerprint density at radius 1 is 1.14 bits per heavy atom. The van der Waals surface area contributed by atoms with Gasteiger partial charge in [0, 0.05) is 6.04 Å².